The largest absolute Gasteiger partial charge is 0.497 e. The number of carbonyl (C=O) groups excluding carboxylic acids is 2. The molecule has 3 rings (SSSR count). The van der Waals surface area contributed by atoms with E-state index in [4.69, 9.17) is 4.74 Å². The Bertz CT molecular complexity index is 777. The van der Waals surface area contributed by atoms with Gasteiger partial charge in [0, 0.05) is 31.0 Å². The number of aromatic nitrogens is 1. The molecule has 0 spiro atoms. The Morgan fingerprint density at radius 3 is 2.56 bits per heavy atom. The Hall–Kier alpha value is -2.89. The third-order valence-corrected chi connectivity index (χ3v) is 4.93. The molecule has 0 saturated carbocycles. The Morgan fingerprint density at radius 2 is 1.93 bits per heavy atom. The van der Waals surface area contributed by atoms with E-state index in [2.05, 4.69) is 17.2 Å². The van der Waals surface area contributed by atoms with Crippen LogP contribution in [0.3, 0.4) is 0 Å². The van der Waals surface area contributed by atoms with Gasteiger partial charge in [0.05, 0.1) is 19.1 Å². The van der Waals surface area contributed by atoms with Crippen LogP contribution in [0.25, 0.3) is 0 Å². The number of methoxy groups -OCH3 is 1. The zero-order valence-corrected chi connectivity index (χ0v) is 15.7. The van der Waals surface area contributed by atoms with E-state index < -0.39 is 5.92 Å². The quantitative estimate of drug-likeness (QED) is 0.814. The van der Waals surface area contributed by atoms with E-state index in [0.29, 0.717) is 12.2 Å². The average molecular weight is 367 g/mol. The Kier molecular flexibility index (Phi) is 6.06. The molecule has 2 atom stereocenters. The van der Waals surface area contributed by atoms with Crippen molar-refractivity contribution in [2.24, 2.45) is 5.92 Å². The summed E-state index contributed by atoms with van der Waals surface area (Å²) in [6.07, 6.45) is 5.38. The summed E-state index contributed by atoms with van der Waals surface area (Å²) in [5.41, 5.74) is 1.63. The van der Waals surface area contributed by atoms with E-state index >= 15 is 0 Å². The molecule has 0 bridgehead atoms. The van der Waals surface area contributed by atoms with Gasteiger partial charge >= 0.3 is 0 Å². The number of hydrogen-bond donors (Lipinski definition) is 1. The van der Waals surface area contributed by atoms with Crippen molar-refractivity contribution in [3.63, 3.8) is 0 Å². The van der Waals surface area contributed by atoms with Crippen molar-refractivity contribution in [2.45, 2.75) is 32.2 Å². The third-order valence-electron chi connectivity index (χ3n) is 4.93. The number of nitrogens with one attached hydrogen (secondary N) is 1. The lowest BCUT2D eigenvalue weighted by atomic mass is 9.92. The lowest BCUT2D eigenvalue weighted by Crippen LogP contribution is -2.33. The molecule has 2 aromatic rings. The summed E-state index contributed by atoms with van der Waals surface area (Å²) in [5.74, 6) is 0.199. The second kappa shape index (κ2) is 8.66. The third kappa shape index (κ3) is 4.27. The molecule has 1 saturated heterocycles. The highest BCUT2D eigenvalue weighted by atomic mass is 16.5. The fourth-order valence-corrected chi connectivity index (χ4v) is 3.50. The van der Waals surface area contributed by atoms with Gasteiger partial charge in [-0.1, -0.05) is 25.5 Å². The van der Waals surface area contributed by atoms with Crippen LogP contribution >= 0.6 is 0 Å². The standard InChI is InChI=1S/C21H25N3O3/c1-3-4-13-24-19(25)14-18(21(26)23-16-9-11-22-12-10-16)20(24)15-5-7-17(27-2)8-6-15/h5-12,18,20H,3-4,13-14H2,1-2H3,(H,22,23,26). The Labute approximate surface area is 159 Å². The zero-order valence-electron chi connectivity index (χ0n) is 15.7. The minimum Gasteiger partial charge on any atom is -0.497 e. The number of hydrogen-bond acceptors (Lipinski definition) is 4. The molecule has 2 heterocycles. The second-order valence-corrected chi connectivity index (χ2v) is 6.69. The minimum absolute atomic E-state index is 0.0270. The molecule has 0 aliphatic carbocycles. The van der Waals surface area contributed by atoms with Crippen molar-refractivity contribution in [3.8, 4) is 5.75 Å². The van der Waals surface area contributed by atoms with Crippen molar-refractivity contribution >= 4 is 17.5 Å². The fourth-order valence-electron chi connectivity index (χ4n) is 3.50. The summed E-state index contributed by atoms with van der Waals surface area (Å²) in [4.78, 5) is 31.4. The van der Waals surface area contributed by atoms with Crippen molar-refractivity contribution in [1.82, 2.24) is 9.88 Å². The van der Waals surface area contributed by atoms with Crippen LogP contribution in [0.15, 0.2) is 48.8 Å². The fraction of sp³-hybridized carbons (Fsp3) is 0.381. The number of likely N-dealkylation sites (tertiary alicyclic amines) is 1. The molecular weight excluding hydrogens is 342 g/mol. The number of ether oxygens (including phenoxy) is 1. The molecule has 6 nitrogen and oxygen atoms in total. The van der Waals surface area contributed by atoms with E-state index in [0.717, 1.165) is 24.2 Å². The summed E-state index contributed by atoms with van der Waals surface area (Å²) in [7, 11) is 1.62. The average Bonchev–Trinajstić information content (AvgIpc) is 3.03. The van der Waals surface area contributed by atoms with Gasteiger partial charge in [-0.2, -0.15) is 0 Å². The van der Waals surface area contributed by atoms with Crippen molar-refractivity contribution in [1.29, 1.82) is 0 Å². The van der Waals surface area contributed by atoms with Crippen LogP contribution in [-0.2, 0) is 9.59 Å². The molecule has 2 unspecified atom stereocenters. The van der Waals surface area contributed by atoms with Gasteiger partial charge in [0.15, 0.2) is 0 Å². The highest BCUT2D eigenvalue weighted by Crippen LogP contribution is 2.39. The molecule has 1 aliphatic rings. The van der Waals surface area contributed by atoms with Crippen LogP contribution in [0, 0.1) is 5.92 Å². The van der Waals surface area contributed by atoms with Gasteiger partial charge in [-0.3, -0.25) is 14.6 Å². The highest BCUT2D eigenvalue weighted by Gasteiger charge is 2.44. The maximum absolute atomic E-state index is 13.0. The smallest absolute Gasteiger partial charge is 0.230 e. The number of amides is 2. The first-order valence-corrected chi connectivity index (χ1v) is 9.28. The number of rotatable bonds is 7. The lowest BCUT2D eigenvalue weighted by molar-refractivity contribution is -0.129. The van der Waals surface area contributed by atoms with Crippen LogP contribution in [0.4, 0.5) is 5.69 Å². The van der Waals surface area contributed by atoms with Gasteiger partial charge in [-0.15, -0.1) is 0 Å². The number of nitrogens with zero attached hydrogens (tertiary/aromatic N) is 2. The zero-order chi connectivity index (χ0) is 19.2. The minimum atomic E-state index is -0.434. The van der Waals surface area contributed by atoms with Crippen LogP contribution < -0.4 is 10.1 Å². The first kappa shape index (κ1) is 18.9. The number of anilines is 1. The molecule has 2 amide bonds. The molecule has 1 aromatic carbocycles. The molecule has 142 valence electrons. The van der Waals surface area contributed by atoms with Gasteiger partial charge in [-0.05, 0) is 36.2 Å². The maximum Gasteiger partial charge on any atom is 0.230 e. The Balaban J connectivity index is 1.87. The van der Waals surface area contributed by atoms with Crippen molar-refractivity contribution in [3.05, 3.63) is 54.4 Å². The van der Waals surface area contributed by atoms with E-state index in [9.17, 15) is 9.59 Å². The number of pyridine rings is 1. The summed E-state index contributed by atoms with van der Waals surface area (Å²) >= 11 is 0. The van der Waals surface area contributed by atoms with E-state index in [-0.39, 0.29) is 24.3 Å². The number of benzene rings is 1. The van der Waals surface area contributed by atoms with Crippen LogP contribution in [0.2, 0.25) is 0 Å². The SMILES string of the molecule is CCCCN1C(=O)CC(C(=O)Nc2ccncc2)C1c1ccc(OC)cc1. The first-order valence-electron chi connectivity index (χ1n) is 9.28. The molecule has 1 aliphatic heterocycles. The summed E-state index contributed by atoms with van der Waals surface area (Å²) in [5, 5.41) is 2.92. The summed E-state index contributed by atoms with van der Waals surface area (Å²) in [6.45, 7) is 2.75. The van der Waals surface area contributed by atoms with Crippen LogP contribution in [0.5, 0.6) is 5.75 Å². The second-order valence-electron chi connectivity index (χ2n) is 6.69. The predicted molar refractivity (Wildman–Crippen MR) is 103 cm³/mol. The number of unbranched alkanes of at least 4 members (excludes halogenated alkanes) is 1. The van der Waals surface area contributed by atoms with Gasteiger partial charge in [-0.25, -0.2) is 0 Å². The predicted octanol–water partition coefficient (Wildman–Crippen LogP) is 3.42. The molecule has 27 heavy (non-hydrogen) atoms. The summed E-state index contributed by atoms with van der Waals surface area (Å²) in [6, 6.07) is 10.8. The maximum atomic E-state index is 13.0. The van der Waals surface area contributed by atoms with E-state index in [1.165, 1.54) is 0 Å². The highest BCUT2D eigenvalue weighted by molar-refractivity contribution is 5.97. The van der Waals surface area contributed by atoms with E-state index in [1.54, 1.807) is 31.6 Å². The van der Waals surface area contributed by atoms with Gasteiger partial charge in [0.25, 0.3) is 0 Å². The van der Waals surface area contributed by atoms with Gasteiger partial charge in [0.2, 0.25) is 11.8 Å². The first-order chi connectivity index (χ1) is 13.1. The normalized spacial score (nSPS) is 19.2. The van der Waals surface area contributed by atoms with Gasteiger partial charge < -0.3 is 15.0 Å². The van der Waals surface area contributed by atoms with Crippen molar-refractivity contribution < 1.29 is 14.3 Å². The summed E-state index contributed by atoms with van der Waals surface area (Å²) < 4.78 is 5.23. The molecule has 1 N–H and O–H groups in total. The topological polar surface area (TPSA) is 71.5 Å². The molecule has 1 fully saturated rings. The van der Waals surface area contributed by atoms with Gasteiger partial charge in [0.1, 0.15) is 5.75 Å². The van der Waals surface area contributed by atoms with Crippen LogP contribution in [-0.4, -0.2) is 35.4 Å². The Morgan fingerprint density at radius 1 is 1.22 bits per heavy atom. The molecule has 0 radical (unpaired) electrons. The van der Waals surface area contributed by atoms with E-state index in [1.807, 2.05) is 29.2 Å². The van der Waals surface area contributed by atoms with Crippen molar-refractivity contribution in [2.75, 3.05) is 19.0 Å². The lowest BCUT2D eigenvalue weighted by Gasteiger charge is -2.28. The molecule has 1 aromatic heterocycles. The molecule has 6 heteroatoms. The number of carbonyl (C=O) groups is 2. The monoisotopic (exact) mass is 367 g/mol. The van der Waals surface area contributed by atoms with Crippen LogP contribution in [0.1, 0.15) is 37.8 Å². The molecular formula is C21H25N3O3.